The fourth-order valence-corrected chi connectivity index (χ4v) is 5.78. The minimum Gasteiger partial charge on any atom is -0.312 e. The van der Waals surface area contributed by atoms with Crippen LogP contribution in [-0.4, -0.2) is 32.4 Å². The first kappa shape index (κ1) is 14.2. The van der Waals surface area contributed by atoms with Gasteiger partial charge in [0.15, 0.2) is 0 Å². The van der Waals surface area contributed by atoms with Gasteiger partial charge < -0.3 is 4.90 Å². The third kappa shape index (κ3) is 2.26. The standard InChI is InChI=1S/C17H21NO3S/c19-16(14-12-17(14)7-10-22(20,21)11-8-17)18-9-3-5-13-4-1-2-6-15(13)18/h1-2,4,6,14H,3,5,7-12H2. The normalized spacial score (nSPS) is 28.2. The number of carbonyl (C=O) groups is 1. The third-order valence-corrected chi connectivity index (χ3v) is 7.34. The maximum absolute atomic E-state index is 12.9. The van der Waals surface area contributed by atoms with Crippen LogP contribution in [0.5, 0.6) is 0 Å². The molecule has 1 aliphatic carbocycles. The molecule has 1 amide bonds. The Labute approximate surface area is 131 Å². The highest BCUT2D eigenvalue weighted by atomic mass is 32.2. The lowest BCUT2D eigenvalue weighted by molar-refractivity contribution is -0.120. The van der Waals surface area contributed by atoms with Crippen LogP contribution < -0.4 is 4.90 Å². The molecule has 1 aromatic rings. The third-order valence-electron chi connectivity index (χ3n) is 5.69. The highest BCUT2D eigenvalue weighted by molar-refractivity contribution is 7.91. The molecule has 1 saturated carbocycles. The van der Waals surface area contributed by atoms with Gasteiger partial charge in [0.1, 0.15) is 9.84 Å². The van der Waals surface area contributed by atoms with Crippen molar-refractivity contribution in [2.45, 2.75) is 32.1 Å². The summed E-state index contributed by atoms with van der Waals surface area (Å²) in [4.78, 5) is 14.9. The lowest BCUT2D eigenvalue weighted by Crippen LogP contribution is -2.38. The summed E-state index contributed by atoms with van der Waals surface area (Å²) in [6, 6.07) is 8.15. The Kier molecular flexibility index (Phi) is 3.12. The molecule has 0 bridgehead atoms. The van der Waals surface area contributed by atoms with Gasteiger partial charge in [0, 0.05) is 18.2 Å². The van der Waals surface area contributed by atoms with Crippen molar-refractivity contribution in [3.05, 3.63) is 29.8 Å². The molecular weight excluding hydrogens is 298 g/mol. The second-order valence-electron chi connectivity index (χ2n) is 6.99. The lowest BCUT2D eigenvalue weighted by atomic mass is 9.95. The summed E-state index contributed by atoms with van der Waals surface area (Å²) in [5, 5.41) is 0. The number of fused-ring (bicyclic) bond motifs is 1. The highest BCUT2D eigenvalue weighted by Crippen LogP contribution is 2.60. The lowest BCUT2D eigenvalue weighted by Gasteiger charge is -2.31. The van der Waals surface area contributed by atoms with Gasteiger partial charge in [-0.2, -0.15) is 0 Å². The molecule has 1 spiro atoms. The van der Waals surface area contributed by atoms with Gasteiger partial charge in [-0.05, 0) is 49.1 Å². The van der Waals surface area contributed by atoms with E-state index in [0.717, 1.165) is 31.5 Å². The van der Waals surface area contributed by atoms with Crippen molar-refractivity contribution in [3.63, 3.8) is 0 Å². The Morgan fingerprint density at radius 3 is 2.68 bits per heavy atom. The molecule has 0 aromatic heterocycles. The van der Waals surface area contributed by atoms with E-state index in [0.29, 0.717) is 12.8 Å². The monoisotopic (exact) mass is 319 g/mol. The van der Waals surface area contributed by atoms with Crippen LogP contribution >= 0.6 is 0 Å². The fraction of sp³-hybridized carbons (Fsp3) is 0.588. The predicted molar refractivity (Wildman–Crippen MR) is 85.5 cm³/mol. The number of para-hydroxylation sites is 1. The van der Waals surface area contributed by atoms with E-state index in [4.69, 9.17) is 0 Å². The molecular formula is C17H21NO3S. The number of hydrogen-bond donors (Lipinski definition) is 0. The molecule has 1 saturated heterocycles. The Hall–Kier alpha value is -1.36. The molecule has 2 aliphatic heterocycles. The topological polar surface area (TPSA) is 54.5 Å². The van der Waals surface area contributed by atoms with Crippen LogP contribution in [0.25, 0.3) is 0 Å². The van der Waals surface area contributed by atoms with Gasteiger partial charge in [0.2, 0.25) is 5.91 Å². The smallest absolute Gasteiger partial charge is 0.230 e. The summed E-state index contributed by atoms with van der Waals surface area (Å²) in [7, 11) is -2.86. The average molecular weight is 319 g/mol. The Morgan fingerprint density at radius 2 is 1.91 bits per heavy atom. The van der Waals surface area contributed by atoms with E-state index >= 15 is 0 Å². The number of hydrogen-bond acceptors (Lipinski definition) is 3. The number of rotatable bonds is 1. The number of amides is 1. The molecule has 0 N–H and O–H groups in total. The van der Waals surface area contributed by atoms with Crippen molar-refractivity contribution >= 4 is 21.4 Å². The zero-order chi connectivity index (χ0) is 15.4. The molecule has 1 atom stereocenters. The van der Waals surface area contributed by atoms with Gasteiger partial charge in [0.05, 0.1) is 11.5 Å². The molecule has 1 aromatic carbocycles. The van der Waals surface area contributed by atoms with E-state index in [1.165, 1.54) is 5.56 Å². The number of carbonyl (C=O) groups excluding carboxylic acids is 1. The predicted octanol–water partition coefficient (Wildman–Crippen LogP) is 2.18. The zero-order valence-electron chi connectivity index (χ0n) is 12.6. The van der Waals surface area contributed by atoms with Crippen LogP contribution in [0.15, 0.2) is 24.3 Å². The average Bonchev–Trinajstić information content (AvgIpc) is 3.24. The Balaban J connectivity index is 1.53. The molecule has 0 radical (unpaired) electrons. The zero-order valence-corrected chi connectivity index (χ0v) is 13.4. The summed E-state index contributed by atoms with van der Waals surface area (Å²) in [5.41, 5.74) is 2.29. The largest absolute Gasteiger partial charge is 0.312 e. The summed E-state index contributed by atoms with van der Waals surface area (Å²) in [6.45, 7) is 0.792. The van der Waals surface area contributed by atoms with E-state index in [-0.39, 0.29) is 28.7 Å². The Bertz CT molecular complexity index is 711. The van der Waals surface area contributed by atoms with Crippen molar-refractivity contribution in [3.8, 4) is 0 Å². The van der Waals surface area contributed by atoms with E-state index in [1.54, 1.807) is 0 Å². The second-order valence-corrected chi connectivity index (χ2v) is 9.30. The van der Waals surface area contributed by atoms with Crippen LogP contribution in [0.2, 0.25) is 0 Å². The maximum atomic E-state index is 12.9. The molecule has 118 valence electrons. The number of anilines is 1. The van der Waals surface area contributed by atoms with Crippen molar-refractivity contribution < 1.29 is 13.2 Å². The van der Waals surface area contributed by atoms with Crippen molar-refractivity contribution in [1.82, 2.24) is 0 Å². The van der Waals surface area contributed by atoms with Crippen LogP contribution in [0, 0.1) is 11.3 Å². The van der Waals surface area contributed by atoms with Crippen LogP contribution in [0.3, 0.4) is 0 Å². The molecule has 4 rings (SSSR count). The van der Waals surface area contributed by atoms with Gasteiger partial charge in [-0.3, -0.25) is 4.79 Å². The van der Waals surface area contributed by atoms with E-state index in [1.807, 2.05) is 23.1 Å². The maximum Gasteiger partial charge on any atom is 0.230 e. The van der Waals surface area contributed by atoms with Crippen molar-refractivity contribution in [2.75, 3.05) is 23.0 Å². The van der Waals surface area contributed by atoms with E-state index < -0.39 is 9.84 Å². The first-order valence-corrected chi connectivity index (χ1v) is 9.93. The van der Waals surface area contributed by atoms with Crippen molar-refractivity contribution in [2.24, 2.45) is 11.3 Å². The van der Waals surface area contributed by atoms with Gasteiger partial charge in [-0.25, -0.2) is 8.42 Å². The summed E-state index contributed by atoms with van der Waals surface area (Å²) >= 11 is 0. The van der Waals surface area contributed by atoms with Gasteiger partial charge >= 0.3 is 0 Å². The first-order valence-electron chi connectivity index (χ1n) is 8.11. The SMILES string of the molecule is O=C(C1CC12CCS(=O)(=O)CC2)N1CCCc2ccccc21. The molecule has 3 aliphatic rings. The van der Waals surface area contributed by atoms with Crippen LogP contribution in [0.1, 0.15) is 31.2 Å². The van der Waals surface area contributed by atoms with Crippen LogP contribution in [0.4, 0.5) is 5.69 Å². The molecule has 2 heterocycles. The molecule has 2 fully saturated rings. The number of nitrogens with zero attached hydrogens (tertiary/aromatic N) is 1. The number of benzene rings is 1. The van der Waals surface area contributed by atoms with Gasteiger partial charge in [-0.15, -0.1) is 0 Å². The van der Waals surface area contributed by atoms with E-state index in [2.05, 4.69) is 6.07 Å². The molecule has 4 nitrogen and oxygen atoms in total. The fourth-order valence-electron chi connectivity index (χ4n) is 4.14. The Morgan fingerprint density at radius 1 is 1.18 bits per heavy atom. The summed E-state index contributed by atoms with van der Waals surface area (Å²) < 4.78 is 23.2. The highest BCUT2D eigenvalue weighted by Gasteiger charge is 2.60. The van der Waals surface area contributed by atoms with Gasteiger partial charge in [-0.1, -0.05) is 18.2 Å². The van der Waals surface area contributed by atoms with Gasteiger partial charge in [0.25, 0.3) is 0 Å². The molecule has 5 heteroatoms. The molecule has 1 unspecified atom stereocenters. The molecule has 22 heavy (non-hydrogen) atoms. The summed E-state index contributed by atoms with van der Waals surface area (Å²) in [5.74, 6) is 0.765. The van der Waals surface area contributed by atoms with E-state index in [9.17, 15) is 13.2 Å². The minimum atomic E-state index is -2.86. The summed E-state index contributed by atoms with van der Waals surface area (Å²) in [6.07, 6.45) is 4.26. The first-order chi connectivity index (χ1) is 10.5. The second kappa shape index (κ2) is 4.82. The van der Waals surface area contributed by atoms with Crippen LogP contribution in [-0.2, 0) is 21.1 Å². The quantitative estimate of drug-likeness (QED) is 0.797. The minimum absolute atomic E-state index is 0.0191. The number of aryl methyl sites for hydroxylation is 1. The number of sulfone groups is 1. The van der Waals surface area contributed by atoms with Crippen molar-refractivity contribution in [1.29, 1.82) is 0 Å².